The Bertz CT molecular complexity index is 1370. The van der Waals surface area contributed by atoms with Crippen LogP contribution in [0.2, 0.25) is 0 Å². The van der Waals surface area contributed by atoms with E-state index in [2.05, 4.69) is 0 Å². The van der Waals surface area contributed by atoms with Crippen LogP contribution in [-0.4, -0.2) is 43.0 Å². The van der Waals surface area contributed by atoms with Gasteiger partial charge in [-0.15, -0.1) is 0 Å². The molecule has 2 aromatic carbocycles. The third kappa shape index (κ3) is 4.24. The fourth-order valence-corrected chi connectivity index (χ4v) is 5.24. The number of nitrogens with zero attached hydrogens (tertiary/aromatic N) is 3. The van der Waals surface area contributed by atoms with E-state index < -0.39 is 50.6 Å². The lowest BCUT2D eigenvalue weighted by atomic mass is 10.1. The highest BCUT2D eigenvalue weighted by atomic mass is 32.2. The molecule has 1 aliphatic heterocycles. The second kappa shape index (κ2) is 8.10. The Morgan fingerprint density at radius 2 is 1.47 bits per heavy atom. The highest BCUT2D eigenvalue weighted by Gasteiger charge is 2.40. The molecular formula is C21H15F6N3O3S. The van der Waals surface area contributed by atoms with Gasteiger partial charge in [-0.05, 0) is 30.3 Å². The average molecular weight is 503 g/mol. The monoisotopic (exact) mass is 503 g/mol. The van der Waals surface area contributed by atoms with E-state index in [9.17, 15) is 39.6 Å². The first kappa shape index (κ1) is 23.7. The van der Waals surface area contributed by atoms with E-state index in [1.165, 1.54) is 5.94 Å². The summed E-state index contributed by atoms with van der Waals surface area (Å²) >= 11 is 0. The number of hydrogen-bond donors (Lipinski definition) is 0. The van der Waals surface area contributed by atoms with Gasteiger partial charge in [0.15, 0.2) is 0 Å². The summed E-state index contributed by atoms with van der Waals surface area (Å²) in [6.45, 7) is -0.669. The molecule has 1 aliphatic rings. The van der Waals surface area contributed by atoms with Gasteiger partial charge in [-0.1, -0.05) is 18.2 Å². The Kier molecular flexibility index (Phi) is 5.65. The summed E-state index contributed by atoms with van der Waals surface area (Å²) in [5.41, 5.74) is -3.23. The van der Waals surface area contributed by atoms with Gasteiger partial charge in [0.2, 0.25) is 0 Å². The summed E-state index contributed by atoms with van der Waals surface area (Å²) in [6.07, 6.45) is -8.74. The Hall–Kier alpha value is -3.44. The van der Waals surface area contributed by atoms with Gasteiger partial charge in [-0.2, -0.15) is 26.3 Å². The molecule has 180 valence electrons. The van der Waals surface area contributed by atoms with E-state index in [0.29, 0.717) is 4.31 Å². The molecule has 0 amide bonds. The molecule has 0 bridgehead atoms. The molecule has 0 unspecified atom stereocenters. The number of alkyl halides is 6. The third-order valence-electron chi connectivity index (χ3n) is 5.35. The van der Waals surface area contributed by atoms with Crippen molar-refractivity contribution >= 4 is 26.9 Å². The van der Waals surface area contributed by atoms with Gasteiger partial charge in [0.25, 0.3) is 10.0 Å². The summed E-state index contributed by atoms with van der Waals surface area (Å²) in [5.74, 6) is 1.47. The summed E-state index contributed by atoms with van der Waals surface area (Å²) in [4.78, 5) is 10.4. The number of piperazine rings is 1. The van der Waals surface area contributed by atoms with Crippen LogP contribution in [0.4, 0.5) is 26.3 Å². The maximum atomic E-state index is 13.2. The van der Waals surface area contributed by atoms with Crippen LogP contribution in [0.15, 0.2) is 65.3 Å². The van der Waals surface area contributed by atoms with Crippen LogP contribution in [0.25, 0.3) is 10.9 Å². The van der Waals surface area contributed by atoms with Gasteiger partial charge < -0.3 is 5.01 Å². The second-order valence-corrected chi connectivity index (χ2v) is 9.34. The minimum atomic E-state index is -5.22. The van der Waals surface area contributed by atoms with Crippen LogP contribution in [0, 0.1) is 0 Å². The normalized spacial score (nSPS) is 15.6. The highest BCUT2D eigenvalue weighted by Crippen LogP contribution is 2.38. The predicted molar refractivity (Wildman–Crippen MR) is 109 cm³/mol. The number of halogens is 6. The van der Waals surface area contributed by atoms with Crippen molar-refractivity contribution in [1.29, 1.82) is 0 Å². The van der Waals surface area contributed by atoms with Gasteiger partial charge in [0.1, 0.15) is 11.6 Å². The number of para-hydroxylation sites is 1. The molecule has 34 heavy (non-hydrogen) atoms. The largest absolute Gasteiger partial charge is 0.416 e. The molecule has 0 spiro atoms. The molecule has 13 heteroatoms. The molecule has 2 heterocycles. The quantitative estimate of drug-likeness (QED) is 0.400. The first-order valence-corrected chi connectivity index (χ1v) is 11.1. The number of rotatable bonds is 3. The minimum Gasteiger partial charge on any atom is -0.304 e. The Morgan fingerprint density at radius 3 is 2.06 bits per heavy atom. The van der Waals surface area contributed by atoms with E-state index in [-0.39, 0.29) is 31.3 Å². The third-order valence-corrected chi connectivity index (χ3v) is 7.16. The van der Waals surface area contributed by atoms with Crippen molar-refractivity contribution in [2.24, 2.45) is 0 Å². The van der Waals surface area contributed by atoms with Crippen LogP contribution >= 0.6 is 0 Å². The summed E-state index contributed by atoms with van der Waals surface area (Å²) < 4.78 is 108. The molecule has 0 saturated carbocycles. The lowest BCUT2D eigenvalue weighted by Gasteiger charge is -2.37. The number of sulfonamides is 1. The maximum absolute atomic E-state index is 13.2. The van der Waals surface area contributed by atoms with Gasteiger partial charge in [0.05, 0.1) is 41.2 Å². The topological polar surface area (TPSA) is 62.6 Å². The molecule has 0 N–H and O–H groups in total. The first-order valence-electron chi connectivity index (χ1n) is 9.70. The van der Waals surface area contributed by atoms with Gasteiger partial charge in [-0.3, -0.25) is 8.98 Å². The van der Waals surface area contributed by atoms with Crippen LogP contribution in [0.3, 0.4) is 0 Å². The van der Waals surface area contributed by atoms with Gasteiger partial charge in [0, 0.05) is 11.6 Å². The summed E-state index contributed by atoms with van der Waals surface area (Å²) in [5, 5.41) is 2.49. The number of benzene rings is 2. The van der Waals surface area contributed by atoms with Crippen LogP contribution in [0.5, 0.6) is 0 Å². The van der Waals surface area contributed by atoms with Crippen molar-refractivity contribution in [2.75, 3.05) is 24.6 Å². The zero-order valence-corrected chi connectivity index (χ0v) is 17.9. The lowest BCUT2D eigenvalue weighted by molar-refractivity contribution is -0.143. The average Bonchev–Trinajstić information content (AvgIpc) is 3.21. The zero-order chi connectivity index (χ0) is 24.9. The first-order chi connectivity index (χ1) is 15.8. The highest BCUT2D eigenvalue weighted by molar-refractivity contribution is 7.89. The van der Waals surface area contributed by atoms with Crippen molar-refractivity contribution in [1.82, 2.24) is 8.98 Å². The van der Waals surface area contributed by atoms with E-state index in [1.807, 2.05) is 12.1 Å². The van der Waals surface area contributed by atoms with Gasteiger partial charge in [-0.25, -0.2) is 13.2 Å². The van der Waals surface area contributed by atoms with E-state index >= 15 is 0 Å². The van der Waals surface area contributed by atoms with Crippen molar-refractivity contribution in [3.05, 3.63) is 71.6 Å². The molecular weight excluding hydrogens is 488 g/mol. The Morgan fingerprint density at radius 1 is 0.853 bits per heavy atom. The molecule has 0 atom stereocenters. The SMILES string of the molecule is O=C=C1CN(n2ccc3ccccc32)CCN1S(=O)(=O)c1cc(C(F)(F)F)cc(C(F)(F)F)c1. The molecule has 4 rings (SSSR count). The molecule has 1 fully saturated rings. The van der Waals surface area contributed by atoms with Crippen molar-refractivity contribution in [3.63, 3.8) is 0 Å². The number of fused-ring (bicyclic) bond motifs is 1. The summed E-state index contributed by atoms with van der Waals surface area (Å²) in [6, 6.07) is 9.12. The fraction of sp³-hybridized carbons (Fsp3) is 0.238. The maximum Gasteiger partial charge on any atom is 0.416 e. The van der Waals surface area contributed by atoms with Crippen LogP contribution in [0.1, 0.15) is 11.1 Å². The standard InChI is InChI=1S/C21H15F6N3O3S/c22-20(23,24)15-9-16(21(25,26)27)11-18(10-15)34(32,33)30-8-7-28(12-17(30)13-31)29-6-5-14-3-1-2-4-19(14)29/h1-6,9-11H,7-8,12H2. The number of hydrogen-bond acceptors (Lipinski definition) is 4. The predicted octanol–water partition coefficient (Wildman–Crippen LogP) is 4.04. The molecule has 0 radical (unpaired) electrons. The molecule has 1 aromatic heterocycles. The summed E-state index contributed by atoms with van der Waals surface area (Å²) in [7, 11) is -4.93. The van der Waals surface area contributed by atoms with Crippen molar-refractivity contribution in [2.45, 2.75) is 17.2 Å². The minimum absolute atomic E-state index is 0.00811. The van der Waals surface area contributed by atoms with Crippen LogP contribution in [-0.2, 0) is 27.2 Å². The molecule has 1 saturated heterocycles. The van der Waals surface area contributed by atoms with Crippen molar-refractivity contribution < 1.29 is 39.6 Å². The van der Waals surface area contributed by atoms with E-state index in [4.69, 9.17) is 0 Å². The zero-order valence-electron chi connectivity index (χ0n) is 17.1. The van der Waals surface area contributed by atoms with E-state index in [0.717, 1.165) is 10.9 Å². The fourth-order valence-electron chi connectivity index (χ4n) is 3.72. The lowest BCUT2D eigenvalue weighted by Crippen LogP contribution is -2.51. The molecule has 0 aliphatic carbocycles. The number of aromatic nitrogens is 1. The molecule has 6 nitrogen and oxygen atoms in total. The van der Waals surface area contributed by atoms with E-state index in [1.54, 1.807) is 34.1 Å². The van der Waals surface area contributed by atoms with Gasteiger partial charge >= 0.3 is 12.4 Å². The number of carbonyl (C=O) groups excluding carboxylic acids is 1. The molecule has 3 aromatic rings. The second-order valence-electron chi connectivity index (χ2n) is 7.47. The smallest absolute Gasteiger partial charge is 0.304 e. The van der Waals surface area contributed by atoms with Crippen LogP contribution < -0.4 is 5.01 Å². The van der Waals surface area contributed by atoms with Crippen molar-refractivity contribution in [3.8, 4) is 0 Å². The Balaban J connectivity index is 1.71. The Labute approximate surface area is 189 Å².